The van der Waals surface area contributed by atoms with E-state index >= 15 is 0 Å². The summed E-state index contributed by atoms with van der Waals surface area (Å²) in [5, 5.41) is 2.97. The molecule has 3 fully saturated rings. The molecule has 1 heterocycles. The van der Waals surface area contributed by atoms with E-state index in [0.717, 1.165) is 43.9 Å². The van der Waals surface area contributed by atoms with Crippen LogP contribution in [0.2, 0.25) is 0 Å². The Hall–Kier alpha value is -3.23. The fraction of sp³-hybridized carbons (Fsp3) is 0.517. The van der Waals surface area contributed by atoms with Crippen LogP contribution in [0, 0.1) is 11.8 Å². The van der Waals surface area contributed by atoms with Gasteiger partial charge in [0.05, 0.1) is 5.56 Å². The smallest absolute Gasteiger partial charge is 0.416 e. The van der Waals surface area contributed by atoms with Gasteiger partial charge in [-0.2, -0.15) is 13.2 Å². The molecule has 0 bridgehead atoms. The molecule has 0 spiro atoms. The van der Waals surface area contributed by atoms with Crippen LogP contribution in [0.4, 0.5) is 18.9 Å². The van der Waals surface area contributed by atoms with Crippen molar-refractivity contribution < 1.29 is 27.5 Å². The maximum absolute atomic E-state index is 13.9. The Morgan fingerprint density at radius 3 is 2.39 bits per heavy atom. The third kappa shape index (κ3) is 5.61. The van der Waals surface area contributed by atoms with E-state index in [1.165, 1.54) is 6.07 Å². The molecule has 1 N–H and O–H groups in total. The Morgan fingerprint density at radius 2 is 1.74 bits per heavy atom. The molecule has 1 saturated heterocycles. The summed E-state index contributed by atoms with van der Waals surface area (Å²) >= 11 is 0. The molecule has 3 aliphatic rings. The highest BCUT2D eigenvalue weighted by Crippen LogP contribution is 2.46. The minimum Gasteiger partial charge on any atom is -0.484 e. The molecule has 3 atom stereocenters. The van der Waals surface area contributed by atoms with E-state index in [1.54, 1.807) is 17.0 Å². The number of ether oxygens (including phenoxy) is 1. The van der Waals surface area contributed by atoms with Crippen molar-refractivity contribution in [1.82, 2.24) is 10.2 Å². The van der Waals surface area contributed by atoms with Crippen LogP contribution < -0.4 is 15.0 Å². The van der Waals surface area contributed by atoms with Gasteiger partial charge in [-0.3, -0.25) is 9.59 Å². The quantitative estimate of drug-likeness (QED) is 0.543. The zero-order valence-corrected chi connectivity index (χ0v) is 21.8. The van der Waals surface area contributed by atoms with E-state index in [-0.39, 0.29) is 47.8 Å². The maximum atomic E-state index is 13.9. The number of anilines is 1. The largest absolute Gasteiger partial charge is 0.484 e. The number of carbonyl (C=O) groups excluding carboxylic acids is 2. The second kappa shape index (κ2) is 10.5. The van der Waals surface area contributed by atoms with Crippen molar-refractivity contribution in [2.75, 3.05) is 38.7 Å². The number of halogens is 3. The van der Waals surface area contributed by atoms with Gasteiger partial charge in [-0.1, -0.05) is 31.4 Å². The van der Waals surface area contributed by atoms with Gasteiger partial charge in [0.2, 0.25) is 0 Å². The van der Waals surface area contributed by atoms with E-state index in [2.05, 4.69) is 5.32 Å². The number of piperidine rings is 1. The lowest BCUT2D eigenvalue weighted by atomic mass is 9.81. The normalized spacial score (nSPS) is 23.1. The Bertz CT molecular complexity index is 1180. The number of likely N-dealkylation sites (tertiary alicyclic amines) is 1. The monoisotopic (exact) mass is 529 g/mol. The summed E-state index contributed by atoms with van der Waals surface area (Å²) in [6.45, 7) is 0.737. The van der Waals surface area contributed by atoms with Gasteiger partial charge >= 0.3 is 6.18 Å². The predicted octanol–water partition coefficient (Wildman–Crippen LogP) is 5.08. The van der Waals surface area contributed by atoms with E-state index in [4.69, 9.17) is 4.74 Å². The van der Waals surface area contributed by atoms with Crippen molar-refractivity contribution in [3.63, 3.8) is 0 Å². The number of hydrogen-bond donors (Lipinski definition) is 1. The van der Waals surface area contributed by atoms with E-state index in [1.807, 2.05) is 37.2 Å². The van der Waals surface area contributed by atoms with Gasteiger partial charge in [-0.25, -0.2) is 0 Å². The SMILES string of the molecule is CN(C)c1cccc(OCC(=O)NC2[C@H]3CN(C(=O)c4ccc(C5CCCCC5)c(C(F)(F)F)c4)C[C@@H]23)c1. The van der Waals surface area contributed by atoms with Crippen LogP contribution in [0.1, 0.15) is 59.5 Å². The second-order valence-electron chi connectivity index (χ2n) is 10.9. The molecule has 2 aromatic rings. The van der Waals surface area contributed by atoms with Gasteiger partial charge < -0.3 is 19.9 Å². The van der Waals surface area contributed by atoms with Gasteiger partial charge in [-0.05, 0) is 48.6 Å². The molecule has 38 heavy (non-hydrogen) atoms. The van der Waals surface area contributed by atoms with Crippen molar-refractivity contribution in [3.05, 3.63) is 59.2 Å². The van der Waals surface area contributed by atoms with E-state index in [9.17, 15) is 22.8 Å². The fourth-order valence-corrected chi connectivity index (χ4v) is 6.02. The Balaban J connectivity index is 1.15. The van der Waals surface area contributed by atoms with E-state index in [0.29, 0.717) is 24.4 Å². The van der Waals surface area contributed by atoms with Crippen molar-refractivity contribution in [2.45, 2.75) is 50.2 Å². The molecule has 2 aliphatic carbocycles. The first-order chi connectivity index (χ1) is 18.1. The molecular formula is C29H34F3N3O3. The predicted molar refractivity (Wildman–Crippen MR) is 138 cm³/mol. The van der Waals surface area contributed by atoms with Gasteiger partial charge in [-0.15, -0.1) is 0 Å². The number of fused-ring (bicyclic) bond motifs is 1. The molecule has 0 aromatic heterocycles. The third-order valence-electron chi connectivity index (χ3n) is 8.16. The average Bonchev–Trinajstić information content (AvgIpc) is 3.32. The Kier molecular flexibility index (Phi) is 7.29. The Morgan fingerprint density at radius 1 is 1.03 bits per heavy atom. The van der Waals surface area contributed by atoms with Crippen LogP contribution in [0.25, 0.3) is 0 Å². The fourth-order valence-electron chi connectivity index (χ4n) is 6.02. The summed E-state index contributed by atoms with van der Waals surface area (Å²) in [5.74, 6) is 0.117. The number of rotatable bonds is 7. The van der Waals surface area contributed by atoms with Crippen LogP contribution in [0.5, 0.6) is 5.75 Å². The number of carbonyl (C=O) groups is 2. The zero-order chi connectivity index (χ0) is 27.0. The molecule has 1 aliphatic heterocycles. The van der Waals surface area contributed by atoms with Gasteiger partial charge in [0.25, 0.3) is 11.8 Å². The summed E-state index contributed by atoms with van der Waals surface area (Å²) in [5.41, 5.74) is 0.680. The summed E-state index contributed by atoms with van der Waals surface area (Å²) < 4.78 is 47.4. The molecule has 0 radical (unpaired) electrons. The standard InChI is InChI=1S/C29H34F3N3O3/c1-34(2)20-9-6-10-21(14-20)38-17-26(36)33-27-23-15-35(16-24(23)27)28(37)19-11-12-22(18-7-4-3-5-8-18)25(13-19)29(30,31)32/h6,9-14,18,23-24,27H,3-5,7-8,15-17H2,1-2H3,(H,33,36)/t23-,24+,27?. The summed E-state index contributed by atoms with van der Waals surface area (Å²) in [7, 11) is 3.85. The maximum Gasteiger partial charge on any atom is 0.416 e. The molecule has 5 rings (SSSR count). The summed E-state index contributed by atoms with van der Waals surface area (Å²) in [6, 6.07) is 11.5. The minimum absolute atomic E-state index is 0.0392. The first-order valence-corrected chi connectivity index (χ1v) is 13.3. The van der Waals surface area contributed by atoms with Gasteiger partial charge in [0, 0.05) is 62.4 Å². The number of hydrogen-bond acceptors (Lipinski definition) is 4. The highest BCUT2D eigenvalue weighted by atomic mass is 19.4. The number of nitrogens with one attached hydrogen (secondary N) is 1. The number of alkyl halides is 3. The van der Waals surface area contributed by atoms with Crippen molar-refractivity contribution in [1.29, 1.82) is 0 Å². The molecular weight excluding hydrogens is 495 g/mol. The number of benzene rings is 2. The Labute approximate surface area is 221 Å². The molecule has 2 aromatic carbocycles. The lowest BCUT2D eigenvalue weighted by Crippen LogP contribution is -2.39. The lowest BCUT2D eigenvalue weighted by molar-refractivity contribution is -0.138. The first kappa shape index (κ1) is 26.4. The molecule has 204 valence electrons. The molecule has 2 saturated carbocycles. The van der Waals surface area contributed by atoms with Crippen molar-refractivity contribution in [2.24, 2.45) is 11.8 Å². The summed E-state index contributed by atoms with van der Waals surface area (Å²) in [4.78, 5) is 29.1. The lowest BCUT2D eigenvalue weighted by Gasteiger charge is -2.26. The minimum atomic E-state index is -4.50. The van der Waals surface area contributed by atoms with Crippen LogP contribution in [0.3, 0.4) is 0 Å². The average molecular weight is 530 g/mol. The topological polar surface area (TPSA) is 61.9 Å². The third-order valence-corrected chi connectivity index (χ3v) is 8.16. The van der Waals surface area contributed by atoms with E-state index < -0.39 is 11.7 Å². The molecule has 1 unspecified atom stereocenters. The van der Waals surface area contributed by atoms with Gasteiger partial charge in [0.15, 0.2) is 6.61 Å². The van der Waals surface area contributed by atoms with Gasteiger partial charge in [0.1, 0.15) is 5.75 Å². The van der Waals surface area contributed by atoms with Crippen LogP contribution in [0.15, 0.2) is 42.5 Å². The zero-order valence-electron chi connectivity index (χ0n) is 21.8. The molecule has 2 amide bonds. The molecule has 6 nitrogen and oxygen atoms in total. The van der Waals surface area contributed by atoms with Crippen LogP contribution in [-0.2, 0) is 11.0 Å². The van der Waals surface area contributed by atoms with Crippen molar-refractivity contribution >= 4 is 17.5 Å². The highest BCUT2D eigenvalue weighted by molar-refractivity contribution is 5.95. The number of amides is 2. The molecule has 9 heteroatoms. The second-order valence-corrected chi connectivity index (χ2v) is 10.9. The first-order valence-electron chi connectivity index (χ1n) is 13.3. The van der Waals surface area contributed by atoms with Crippen LogP contribution in [-0.4, -0.2) is 56.5 Å². The number of nitrogens with zero attached hydrogens (tertiary/aromatic N) is 2. The van der Waals surface area contributed by atoms with Crippen molar-refractivity contribution in [3.8, 4) is 5.75 Å². The van der Waals surface area contributed by atoms with Crippen LogP contribution >= 0.6 is 0 Å². The summed E-state index contributed by atoms with van der Waals surface area (Å²) in [6.07, 6.45) is -0.0510. The highest BCUT2D eigenvalue weighted by Gasteiger charge is 2.57.